The number of nitrogens with zero attached hydrogens (tertiary/aromatic N) is 4. The first kappa shape index (κ1) is 26.2. The van der Waals surface area contributed by atoms with E-state index in [0.29, 0.717) is 23.1 Å². The molecule has 37 heavy (non-hydrogen) atoms. The fraction of sp³-hybridized carbons (Fsp3) is 0.500. The summed E-state index contributed by atoms with van der Waals surface area (Å²) in [6, 6.07) is 6.19. The lowest BCUT2D eigenvalue weighted by Crippen LogP contribution is -2.38. The van der Waals surface area contributed by atoms with Crippen molar-refractivity contribution < 1.29 is 36.4 Å². The molecular formula is C22H28N5O8PS. The van der Waals surface area contributed by atoms with Crippen molar-refractivity contribution in [3.05, 3.63) is 42.5 Å². The number of hydrogen-bond donors (Lipinski definition) is 2. The summed E-state index contributed by atoms with van der Waals surface area (Å²) in [6.45, 7) is 3.37. The van der Waals surface area contributed by atoms with Gasteiger partial charge in [0, 0.05) is 18.6 Å². The highest BCUT2D eigenvalue weighted by Gasteiger charge is 2.52. The van der Waals surface area contributed by atoms with Crippen LogP contribution in [-0.2, 0) is 32.7 Å². The number of nitrogen functional groups attached to an aromatic ring is 1. The normalized spacial score (nSPS) is 32.6. The highest BCUT2D eigenvalue weighted by Crippen LogP contribution is 2.57. The van der Waals surface area contributed by atoms with Crippen LogP contribution in [0.25, 0.3) is 11.2 Å². The van der Waals surface area contributed by atoms with Crippen LogP contribution in [0.5, 0.6) is 0 Å². The zero-order chi connectivity index (χ0) is 26.6. The summed E-state index contributed by atoms with van der Waals surface area (Å²) >= 11 is 0. The number of imidazole rings is 1. The number of aliphatic hydroxyl groups is 1. The Bertz CT molecular complexity index is 1460. The number of anilines is 1. The van der Waals surface area contributed by atoms with E-state index >= 15 is 0 Å². The Balaban J connectivity index is 1.29. The highest BCUT2D eigenvalue weighted by atomic mass is 32.2. The third-order valence-corrected chi connectivity index (χ3v) is 9.49. The van der Waals surface area contributed by atoms with Crippen molar-refractivity contribution in [3.8, 4) is 0 Å². The van der Waals surface area contributed by atoms with Gasteiger partial charge in [-0.3, -0.25) is 18.1 Å². The molecule has 1 unspecified atom stereocenters. The van der Waals surface area contributed by atoms with E-state index < -0.39 is 47.6 Å². The van der Waals surface area contributed by atoms with Crippen molar-refractivity contribution in [3.63, 3.8) is 0 Å². The highest BCUT2D eigenvalue weighted by molar-refractivity contribution is 7.90. The van der Waals surface area contributed by atoms with Gasteiger partial charge in [0.1, 0.15) is 17.4 Å². The van der Waals surface area contributed by atoms with E-state index in [9.17, 15) is 18.1 Å². The molecule has 0 saturated carbocycles. The smallest absolute Gasteiger partial charge is 0.385 e. The summed E-state index contributed by atoms with van der Waals surface area (Å²) in [7, 11) is -7.30. The number of ether oxygens (including phenoxy) is 1. The summed E-state index contributed by atoms with van der Waals surface area (Å²) in [5.41, 5.74) is 5.97. The maximum absolute atomic E-state index is 13.3. The first-order chi connectivity index (χ1) is 17.4. The molecule has 15 heteroatoms. The van der Waals surface area contributed by atoms with Crippen LogP contribution in [0, 0.1) is 5.92 Å². The van der Waals surface area contributed by atoms with E-state index in [1.54, 1.807) is 30.5 Å². The van der Waals surface area contributed by atoms with Crippen LogP contribution in [0.15, 0.2) is 41.8 Å². The van der Waals surface area contributed by atoms with Crippen molar-refractivity contribution >= 4 is 34.6 Å². The van der Waals surface area contributed by atoms with E-state index in [2.05, 4.69) is 15.0 Å². The molecule has 2 aliphatic rings. The van der Waals surface area contributed by atoms with Gasteiger partial charge in [-0.1, -0.05) is 19.1 Å². The SMILES string of the molecule is C[C@@H]1[C@@H](COP2(=O)OCC[C@@H](c3ccc(S(C)(=O)=O)cc3)O2)O[C@@H](n2cnc3c(N)ncnc32)[C@]1(C)O. The minimum Gasteiger partial charge on any atom is -0.385 e. The van der Waals surface area contributed by atoms with Crippen molar-refractivity contribution in [1.82, 2.24) is 19.5 Å². The number of fused-ring (bicyclic) bond motifs is 1. The molecule has 5 rings (SSSR count). The Morgan fingerprint density at radius 1 is 1.27 bits per heavy atom. The van der Waals surface area contributed by atoms with Crippen molar-refractivity contribution in [2.45, 2.75) is 49.2 Å². The van der Waals surface area contributed by atoms with Crippen LogP contribution >= 0.6 is 7.82 Å². The fourth-order valence-electron chi connectivity index (χ4n) is 4.49. The molecule has 200 valence electrons. The van der Waals surface area contributed by atoms with Gasteiger partial charge in [-0.05, 0) is 24.6 Å². The fourth-order valence-corrected chi connectivity index (χ4v) is 6.52. The molecular weight excluding hydrogens is 525 g/mol. The minimum absolute atomic E-state index is 0.124. The lowest BCUT2D eigenvalue weighted by molar-refractivity contribution is -0.0887. The van der Waals surface area contributed by atoms with Crippen LogP contribution in [0.1, 0.15) is 38.2 Å². The van der Waals surface area contributed by atoms with Gasteiger partial charge in [0.15, 0.2) is 27.5 Å². The second kappa shape index (κ2) is 9.38. The quantitative estimate of drug-likeness (QED) is 0.427. The summed E-state index contributed by atoms with van der Waals surface area (Å²) < 4.78 is 61.1. The molecule has 2 fully saturated rings. The third-order valence-electron chi connectivity index (χ3n) is 6.89. The molecule has 2 saturated heterocycles. The van der Waals surface area contributed by atoms with Crippen molar-refractivity contribution in [2.24, 2.45) is 5.92 Å². The van der Waals surface area contributed by atoms with Gasteiger partial charge in [-0.15, -0.1) is 0 Å². The number of nitrogens with two attached hydrogens (primary N) is 1. The van der Waals surface area contributed by atoms with Gasteiger partial charge in [-0.25, -0.2) is 27.9 Å². The first-order valence-corrected chi connectivity index (χ1v) is 14.9. The lowest BCUT2D eigenvalue weighted by atomic mass is 9.88. The molecule has 6 atom stereocenters. The Hall–Kier alpha value is -2.45. The number of benzene rings is 1. The number of phosphoric acid groups is 1. The topological polar surface area (TPSA) is 178 Å². The summed E-state index contributed by atoms with van der Waals surface area (Å²) in [5, 5.41) is 11.3. The molecule has 0 radical (unpaired) electrons. The molecule has 2 aromatic heterocycles. The Morgan fingerprint density at radius 2 is 2.00 bits per heavy atom. The standard InChI is InChI=1S/C22H28N5O8PS/c1-13-17(34-21(22(13,2)28)27-12-26-18-19(23)24-11-25-20(18)27)10-33-36(29)32-9-8-16(35-36)14-4-6-15(7-5-14)37(3,30)31/h4-7,11-13,16-17,21,28H,8-10H2,1-3H3,(H2,23,24,25)/t13-,16+,17-,21-,22-,36?/m1/s1. The number of phosphoric ester groups is 1. The van der Waals surface area contributed by atoms with Crippen LogP contribution in [0.4, 0.5) is 5.82 Å². The average molecular weight is 554 g/mol. The molecule has 1 aromatic carbocycles. The second-order valence-electron chi connectivity index (χ2n) is 9.42. The van der Waals surface area contributed by atoms with E-state index in [1.165, 1.54) is 24.8 Å². The summed E-state index contributed by atoms with van der Waals surface area (Å²) in [5.74, 6) is -0.232. The van der Waals surface area contributed by atoms with Gasteiger partial charge >= 0.3 is 7.82 Å². The molecule has 3 aromatic rings. The van der Waals surface area contributed by atoms with Gasteiger partial charge in [0.2, 0.25) is 0 Å². The third kappa shape index (κ3) is 4.90. The van der Waals surface area contributed by atoms with Crippen LogP contribution in [0.3, 0.4) is 0 Å². The van der Waals surface area contributed by atoms with Crippen LogP contribution in [-0.4, -0.2) is 64.2 Å². The maximum atomic E-state index is 13.3. The van der Waals surface area contributed by atoms with E-state index in [1.807, 2.05) is 0 Å². The van der Waals surface area contributed by atoms with E-state index in [0.717, 1.165) is 6.26 Å². The average Bonchev–Trinajstić information content (AvgIpc) is 3.37. The molecule has 3 N–H and O–H groups in total. The Kier molecular flexibility index (Phi) is 6.64. The summed E-state index contributed by atoms with van der Waals surface area (Å²) in [4.78, 5) is 12.6. The minimum atomic E-state index is -3.96. The lowest BCUT2D eigenvalue weighted by Gasteiger charge is -2.30. The number of aromatic nitrogens is 4. The largest absolute Gasteiger partial charge is 0.475 e. The van der Waals surface area contributed by atoms with Gasteiger partial charge in [-0.2, -0.15) is 0 Å². The van der Waals surface area contributed by atoms with Gasteiger partial charge in [0.25, 0.3) is 0 Å². The first-order valence-electron chi connectivity index (χ1n) is 11.6. The van der Waals surface area contributed by atoms with Gasteiger partial charge in [0.05, 0.1) is 36.6 Å². The monoisotopic (exact) mass is 553 g/mol. The molecule has 0 amide bonds. The van der Waals surface area contributed by atoms with E-state index in [4.69, 9.17) is 24.0 Å². The van der Waals surface area contributed by atoms with Crippen LogP contribution in [0.2, 0.25) is 0 Å². The maximum Gasteiger partial charge on any atom is 0.475 e. The molecule has 0 spiro atoms. The van der Waals surface area contributed by atoms with Crippen molar-refractivity contribution in [1.29, 1.82) is 0 Å². The summed E-state index contributed by atoms with van der Waals surface area (Å²) in [6.07, 6.45) is 2.18. The second-order valence-corrected chi connectivity index (χ2v) is 13.1. The number of sulfone groups is 1. The number of rotatable bonds is 6. The van der Waals surface area contributed by atoms with Crippen LogP contribution < -0.4 is 5.73 Å². The zero-order valence-electron chi connectivity index (χ0n) is 20.4. The zero-order valence-corrected chi connectivity index (χ0v) is 22.1. The van der Waals surface area contributed by atoms with Gasteiger partial charge < -0.3 is 15.6 Å². The molecule has 13 nitrogen and oxygen atoms in total. The molecule has 0 aliphatic carbocycles. The molecule has 4 heterocycles. The Morgan fingerprint density at radius 3 is 2.70 bits per heavy atom. The van der Waals surface area contributed by atoms with Crippen molar-refractivity contribution in [2.75, 3.05) is 25.2 Å². The van der Waals surface area contributed by atoms with E-state index in [-0.39, 0.29) is 23.9 Å². The predicted molar refractivity (Wildman–Crippen MR) is 131 cm³/mol. The molecule has 0 bridgehead atoms. The number of hydrogen-bond acceptors (Lipinski definition) is 12. The predicted octanol–water partition coefficient (Wildman–Crippen LogP) is 2.40. The molecule has 2 aliphatic heterocycles. The Labute approximate surface area is 213 Å².